The second-order valence-electron chi connectivity index (χ2n) is 9.02. The number of amides is 1. The van der Waals surface area contributed by atoms with Gasteiger partial charge in [0.2, 0.25) is 5.91 Å². The predicted molar refractivity (Wildman–Crippen MR) is 124 cm³/mol. The Bertz CT molecular complexity index is 1090. The number of hydrogen-bond acceptors (Lipinski definition) is 5. The van der Waals surface area contributed by atoms with Gasteiger partial charge >= 0.3 is 0 Å². The zero-order chi connectivity index (χ0) is 24.1. The van der Waals surface area contributed by atoms with E-state index in [1.165, 1.54) is 18.3 Å². The lowest BCUT2D eigenvalue weighted by Crippen LogP contribution is -2.39. The Balaban J connectivity index is 0.000000257. The number of pyridine rings is 1. The molecule has 2 aromatic heterocycles. The smallest absolute Gasteiger partial charge is 0.250 e. The number of carbonyl (C=O) groups is 1. The number of aromatic nitrogens is 3. The summed E-state index contributed by atoms with van der Waals surface area (Å²) < 4.78 is 29.2. The molecule has 1 aromatic carbocycles. The normalized spacial score (nSPS) is 18.7. The number of rotatable bonds is 6. The molecule has 3 heterocycles. The highest BCUT2D eigenvalue weighted by atomic mass is 19.1. The molecule has 0 radical (unpaired) electrons. The third-order valence-electron chi connectivity index (χ3n) is 6.69. The lowest BCUT2D eigenvalue weighted by Gasteiger charge is -2.41. The van der Waals surface area contributed by atoms with Crippen molar-refractivity contribution in [3.05, 3.63) is 77.8 Å². The summed E-state index contributed by atoms with van der Waals surface area (Å²) in [5.41, 5.74) is 5.98. The number of benzene rings is 1. The summed E-state index contributed by atoms with van der Waals surface area (Å²) in [6.07, 6.45) is 9.79. The van der Waals surface area contributed by atoms with Crippen LogP contribution in [0.25, 0.3) is 0 Å². The molecule has 34 heavy (non-hydrogen) atoms. The molecule has 1 aliphatic heterocycles. The predicted octanol–water partition coefficient (Wildman–Crippen LogP) is 3.85. The van der Waals surface area contributed by atoms with Gasteiger partial charge in [-0.1, -0.05) is 6.42 Å². The topological polar surface area (TPSA) is 97.3 Å². The van der Waals surface area contributed by atoms with Crippen LogP contribution in [-0.4, -0.2) is 38.9 Å². The lowest BCUT2D eigenvalue weighted by molar-refractivity contribution is 0.0246. The van der Waals surface area contributed by atoms with Gasteiger partial charge in [-0.3, -0.25) is 9.78 Å². The van der Waals surface area contributed by atoms with E-state index in [2.05, 4.69) is 15.0 Å². The minimum Gasteiger partial charge on any atom is -0.396 e. The van der Waals surface area contributed by atoms with E-state index in [0.717, 1.165) is 50.5 Å². The average molecular weight is 470 g/mol. The van der Waals surface area contributed by atoms with Crippen LogP contribution in [0.1, 0.15) is 54.1 Å². The van der Waals surface area contributed by atoms with Gasteiger partial charge in [-0.2, -0.15) is 5.10 Å². The van der Waals surface area contributed by atoms with Crippen LogP contribution in [-0.2, 0) is 6.54 Å². The first-order valence-corrected chi connectivity index (χ1v) is 11.5. The molecule has 0 unspecified atom stereocenters. The first kappa shape index (κ1) is 23.8. The quantitative estimate of drug-likeness (QED) is 0.572. The van der Waals surface area contributed by atoms with Gasteiger partial charge in [0.15, 0.2) is 0 Å². The van der Waals surface area contributed by atoms with Gasteiger partial charge in [0.05, 0.1) is 31.0 Å². The molecule has 180 valence electrons. The number of hydrogen-bond donors (Lipinski definition) is 2. The van der Waals surface area contributed by atoms with Crippen molar-refractivity contribution in [1.29, 1.82) is 0 Å². The van der Waals surface area contributed by atoms with E-state index in [1.54, 1.807) is 24.5 Å². The molecule has 5 rings (SSSR count). The highest BCUT2D eigenvalue weighted by molar-refractivity contribution is 5.92. The molecule has 1 aliphatic carbocycles. The van der Waals surface area contributed by atoms with Crippen LogP contribution in [0.5, 0.6) is 0 Å². The Morgan fingerprint density at radius 2 is 1.91 bits per heavy atom. The zero-order valence-electron chi connectivity index (χ0n) is 18.9. The van der Waals surface area contributed by atoms with Crippen molar-refractivity contribution in [2.24, 2.45) is 11.1 Å². The Morgan fingerprint density at radius 3 is 2.47 bits per heavy atom. The average Bonchev–Trinajstić information content (AvgIpc) is 3.45. The largest absolute Gasteiger partial charge is 0.396 e. The molecule has 3 aromatic rings. The molecular weight excluding hydrogens is 440 g/mol. The van der Waals surface area contributed by atoms with Crippen LogP contribution < -0.4 is 10.6 Å². The second kappa shape index (κ2) is 10.3. The summed E-state index contributed by atoms with van der Waals surface area (Å²) in [7, 11) is 0. The van der Waals surface area contributed by atoms with Gasteiger partial charge in [0.25, 0.3) is 0 Å². The number of anilines is 1. The molecule has 1 saturated heterocycles. The number of nitrogens with zero attached hydrogens (tertiary/aromatic N) is 4. The monoisotopic (exact) mass is 469 g/mol. The highest BCUT2D eigenvalue weighted by Crippen LogP contribution is 2.43. The van der Waals surface area contributed by atoms with Crippen molar-refractivity contribution >= 4 is 11.7 Å². The van der Waals surface area contributed by atoms with Crippen LogP contribution in [0.4, 0.5) is 14.6 Å². The molecule has 1 saturated carbocycles. The Kier molecular flexibility index (Phi) is 7.21. The van der Waals surface area contributed by atoms with E-state index in [4.69, 9.17) is 5.73 Å². The Labute approximate surface area is 197 Å². The molecule has 2 aliphatic rings. The third-order valence-corrected chi connectivity index (χ3v) is 6.69. The molecular formula is C25H29F2N5O2. The van der Waals surface area contributed by atoms with E-state index in [-0.39, 0.29) is 18.1 Å². The summed E-state index contributed by atoms with van der Waals surface area (Å²) >= 11 is 0. The van der Waals surface area contributed by atoms with Crippen molar-refractivity contribution < 1.29 is 18.7 Å². The fourth-order valence-corrected chi connectivity index (χ4v) is 4.72. The van der Waals surface area contributed by atoms with Gasteiger partial charge in [-0.05, 0) is 55.5 Å². The summed E-state index contributed by atoms with van der Waals surface area (Å²) in [5.74, 6) is -0.553. The van der Waals surface area contributed by atoms with Crippen LogP contribution in [0.3, 0.4) is 0 Å². The van der Waals surface area contributed by atoms with Crippen molar-refractivity contribution in [1.82, 2.24) is 14.8 Å². The summed E-state index contributed by atoms with van der Waals surface area (Å²) in [4.78, 5) is 16.3. The molecule has 9 heteroatoms. The third kappa shape index (κ3) is 5.25. The maximum atomic E-state index is 13.6. The second-order valence-corrected chi connectivity index (χ2v) is 9.02. The van der Waals surface area contributed by atoms with Crippen LogP contribution in [0, 0.1) is 17.0 Å². The van der Waals surface area contributed by atoms with Gasteiger partial charge in [0.1, 0.15) is 17.5 Å². The highest BCUT2D eigenvalue weighted by Gasteiger charge is 2.38. The minimum absolute atomic E-state index is 0.0490. The molecule has 7 nitrogen and oxygen atoms in total. The van der Waals surface area contributed by atoms with Crippen LogP contribution in [0.15, 0.2) is 55.0 Å². The van der Waals surface area contributed by atoms with Crippen molar-refractivity contribution in [3.63, 3.8) is 0 Å². The number of carbonyl (C=O) groups excluding carboxylic acids is 1. The first-order valence-electron chi connectivity index (χ1n) is 11.5. The van der Waals surface area contributed by atoms with E-state index < -0.39 is 17.5 Å². The molecule has 3 N–H and O–H groups in total. The molecule has 0 spiro atoms. The van der Waals surface area contributed by atoms with Gasteiger partial charge in [-0.25, -0.2) is 13.5 Å². The Hall–Kier alpha value is -3.33. The van der Waals surface area contributed by atoms with Crippen LogP contribution in [0.2, 0.25) is 0 Å². The van der Waals surface area contributed by atoms with Gasteiger partial charge in [0, 0.05) is 36.5 Å². The van der Waals surface area contributed by atoms with Crippen LogP contribution >= 0.6 is 0 Å². The maximum absolute atomic E-state index is 13.6. The Morgan fingerprint density at radius 1 is 1.15 bits per heavy atom. The van der Waals surface area contributed by atoms with Gasteiger partial charge in [-0.15, -0.1) is 0 Å². The molecule has 2 fully saturated rings. The number of primary amides is 1. The maximum Gasteiger partial charge on any atom is 0.250 e. The van der Waals surface area contributed by atoms with Crippen molar-refractivity contribution in [3.8, 4) is 0 Å². The number of aliphatic hydroxyl groups is 1. The minimum atomic E-state index is -0.538. The summed E-state index contributed by atoms with van der Waals surface area (Å²) in [5, 5.41) is 14.2. The number of aliphatic hydroxyl groups excluding tert-OH is 1. The van der Waals surface area contributed by atoms with Gasteiger partial charge < -0.3 is 15.7 Å². The SMILES string of the molecule is NC(=O)c1cccnc1.OCC1(Cn2nccc2N2CCC[C@@H]2c2cc(F)cc(F)c2)CCC1. The van der Waals surface area contributed by atoms with Crippen molar-refractivity contribution in [2.75, 3.05) is 18.1 Å². The van der Waals surface area contributed by atoms with E-state index in [0.29, 0.717) is 17.7 Å². The first-order chi connectivity index (χ1) is 16.4. The van der Waals surface area contributed by atoms with E-state index in [1.807, 2.05) is 10.7 Å². The van der Waals surface area contributed by atoms with E-state index >= 15 is 0 Å². The zero-order valence-corrected chi connectivity index (χ0v) is 18.9. The van der Waals surface area contributed by atoms with E-state index in [9.17, 15) is 18.7 Å². The standard InChI is InChI=1S/C19H23F2N3O.C6H6N2O/c20-15-9-14(10-16(21)11-15)17-3-1-8-23(17)18-4-7-22-24(18)12-19(13-25)5-2-6-19;7-6(9)5-2-1-3-8-4-5/h4,7,9-11,17,25H,1-3,5-6,8,12-13H2;1-4H,(H2,7,9)/t17-;/m1./s1. The molecule has 1 amide bonds. The number of nitrogens with two attached hydrogens (primary N) is 1. The molecule has 0 bridgehead atoms. The fraction of sp³-hybridized carbons (Fsp3) is 0.400. The number of halogens is 2. The summed E-state index contributed by atoms with van der Waals surface area (Å²) in [6, 6.07) is 8.95. The molecule has 1 atom stereocenters. The van der Waals surface area contributed by atoms with Crippen molar-refractivity contribution in [2.45, 2.75) is 44.7 Å². The summed E-state index contributed by atoms with van der Waals surface area (Å²) in [6.45, 7) is 1.69. The fourth-order valence-electron chi connectivity index (χ4n) is 4.72. The lowest BCUT2D eigenvalue weighted by atomic mass is 9.69.